The van der Waals surface area contributed by atoms with Gasteiger partial charge in [-0.1, -0.05) is 45.5 Å². The number of aryl methyl sites for hydroxylation is 2. The van der Waals surface area contributed by atoms with Gasteiger partial charge >= 0.3 is 0 Å². The van der Waals surface area contributed by atoms with Gasteiger partial charge in [-0.3, -0.25) is 0 Å². The van der Waals surface area contributed by atoms with Gasteiger partial charge in [-0.05, 0) is 36.2 Å². The van der Waals surface area contributed by atoms with Crippen LogP contribution in [0.2, 0.25) is 0 Å². The minimum Gasteiger partial charge on any atom is -0.493 e. The molecule has 27 heavy (non-hydrogen) atoms. The predicted molar refractivity (Wildman–Crippen MR) is 109 cm³/mol. The summed E-state index contributed by atoms with van der Waals surface area (Å²) >= 11 is 5.06. The van der Waals surface area contributed by atoms with E-state index < -0.39 is 0 Å². The fourth-order valence-corrected chi connectivity index (χ4v) is 4.08. The summed E-state index contributed by atoms with van der Waals surface area (Å²) in [6.45, 7) is 0. The molecular weight excluding hydrogens is 428 g/mol. The van der Waals surface area contributed by atoms with Crippen molar-refractivity contribution in [3.05, 3.63) is 57.5 Å². The van der Waals surface area contributed by atoms with Crippen LogP contribution >= 0.6 is 27.3 Å². The smallest absolute Gasteiger partial charge is 0.234 e. The molecule has 4 aromatic rings. The van der Waals surface area contributed by atoms with Crippen molar-refractivity contribution < 1.29 is 9.47 Å². The second-order valence-electron chi connectivity index (χ2n) is 5.91. The van der Waals surface area contributed by atoms with Crippen LogP contribution in [0.1, 0.15) is 10.6 Å². The van der Waals surface area contributed by atoms with Crippen LogP contribution in [0.4, 0.5) is 0 Å². The molecule has 0 saturated heterocycles. The largest absolute Gasteiger partial charge is 0.493 e. The van der Waals surface area contributed by atoms with Crippen LogP contribution in [0.5, 0.6) is 11.5 Å². The fraction of sp³-hybridized carbons (Fsp3) is 0.211. The van der Waals surface area contributed by atoms with Crippen LogP contribution in [0.25, 0.3) is 16.3 Å². The van der Waals surface area contributed by atoms with E-state index in [0.717, 1.165) is 50.2 Å². The summed E-state index contributed by atoms with van der Waals surface area (Å²) in [6, 6.07) is 14.0. The Morgan fingerprint density at radius 1 is 1.00 bits per heavy atom. The van der Waals surface area contributed by atoms with Crippen LogP contribution in [0, 0.1) is 0 Å². The highest BCUT2D eigenvalue weighted by Gasteiger charge is 2.14. The van der Waals surface area contributed by atoms with Crippen LogP contribution in [-0.4, -0.2) is 34.0 Å². The van der Waals surface area contributed by atoms with Crippen LogP contribution in [-0.2, 0) is 12.8 Å². The molecule has 0 radical (unpaired) electrons. The molecule has 0 spiro atoms. The first kappa shape index (κ1) is 17.9. The highest BCUT2D eigenvalue weighted by atomic mass is 79.9. The normalized spacial score (nSPS) is 11.1. The summed E-state index contributed by atoms with van der Waals surface area (Å²) in [4.78, 5) is 0.798. The van der Waals surface area contributed by atoms with E-state index >= 15 is 0 Å². The number of aromatic nitrogens is 4. The molecule has 8 heteroatoms. The summed E-state index contributed by atoms with van der Waals surface area (Å²) in [6.07, 6.45) is 1.68. The van der Waals surface area contributed by atoms with Crippen LogP contribution in [0.3, 0.4) is 0 Å². The second-order valence-corrected chi connectivity index (χ2v) is 7.87. The summed E-state index contributed by atoms with van der Waals surface area (Å²) in [7, 11) is 3.29. The molecule has 0 atom stereocenters. The summed E-state index contributed by atoms with van der Waals surface area (Å²) in [5.41, 5.74) is 2.15. The third-order valence-corrected chi connectivity index (χ3v) is 5.64. The third kappa shape index (κ3) is 3.68. The van der Waals surface area contributed by atoms with Gasteiger partial charge in [-0.15, -0.1) is 10.2 Å². The quantitative estimate of drug-likeness (QED) is 0.440. The third-order valence-electron chi connectivity index (χ3n) is 4.19. The van der Waals surface area contributed by atoms with Gasteiger partial charge in [-0.2, -0.15) is 9.61 Å². The van der Waals surface area contributed by atoms with Crippen molar-refractivity contribution in [2.45, 2.75) is 12.8 Å². The Morgan fingerprint density at radius 2 is 1.85 bits per heavy atom. The van der Waals surface area contributed by atoms with E-state index in [-0.39, 0.29) is 0 Å². The Balaban J connectivity index is 1.55. The van der Waals surface area contributed by atoms with Gasteiger partial charge in [0.2, 0.25) is 4.96 Å². The predicted octanol–water partition coefficient (Wildman–Crippen LogP) is 4.42. The Bertz CT molecular complexity index is 1090. The van der Waals surface area contributed by atoms with E-state index in [1.54, 1.807) is 25.6 Å². The molecule has 0 aliphatic rings. The molecule has 0 amide bonds. The zero-order chi connectivity index (χ0) is 18.8. The van der Waals surface area contributed by atoms with Gasteiger partial charge in [0, 0.05) is 16.5 Å². The Hall–Kier alpha value is -2.45. The molecule has 0 unspecified atom stereocenters. The van der Waals surface area contributed by atoms with Crippen molar-refractivity contribution in [2.24, 2.45) is 0 Å². The van der Waals surface area contributed by atoms with Gasteiger partial charge in [0.25, 0.3) is 0 Å². The van der Waals surface area contributed by atoms with Crippen molar-refractivity contribution in [1.82, 2.24) is 19.8 Å². The minimum absolute atomic E-state index is 0.735. The number of fused-ring (bicyclic) bond motifs is 1. The number of rotatable bonds is 6. The van der Waals surface area contributed by atoms with Gasteiger partial charge in [0.15, 0.2) is 17.3 Å². The number of hydrogen-bond acceptors (Lipinski definition) is 6. The number of hydrogen-bond donors (Lipinski definition) is 0. The van der Waals surface area contributed by atoms with E-state index in [4.69, 9.17) is 14.6 Å². The maximum Gasteiger partial charge on any atom is 0.234 e. The molecule has 0 aliphatic carbocycles. The topological polar surface area (TPSA) is 61.5 Å². The molecule has 4 rings (SSSR count). The molecule has 0 fully saturated rings. The first-order valence-electron chi connectivity index (χ1n) is 8.36. The SMILES string of the molecule is COc1ccc(CCc2nn3c(-c4cccc(Br)c4)nnc3s2)cc1OC. The second kappa shape index (κ2) is 7.66. The van der Waals surface area contributed by atoms with Gasteiger partial charge in [-0.25, -0.2) is 0 Å². The van der Waals surface area contributed by atoms with E-state index in [9.17, 15) is 0 Å². The van der Waals surface area contributed by atoms with Crippen LogP contribution < -0.4 is 9.47 Å². The molecule has 2 aromatic carbocycles. The summed E-state index contributed by atoms with van der Waals surface area (Å²) < 4.78 is 13.5. The number of benzene rings is 2. The average molecular weight is 445 g/mol. The van der Waals surface area contributed by atoms with E-state index in [2.05, 4.69) is 32.2 Å². The maximum absolute atomic E-state index is 5.37. The zero-order valence-corrected chi connectivity index (χ0v) is 17.2. The number of nitrogens with zero attached hydrogens (tertiary/aromatic N) is 4. The molecule has 0 bridgehead atoms. The Kier molecular flexibility index (Phi) is 5.09. The molecule has 2 aromatic heterocycles. The Morgan fingerprint density at radius 3 is 2.63 bits per heavy atom. The lowest BCUT2D eigenvalue weighted by atomic mass is 10.1. The standard InChI is InChI=1S/C19H17BrN4O2S/c1-25-15-8-6-12(10-16(15)26-2)7-9-17-23-24-18(21-22-19(24)27-17)13-4-3-5-14(20)11-13/h3-6,8,10-11H,7,9H2,1-2H3. The van der Waals surface area contributed by atoms with Crippen molar-refractivity contribution in [3.63, 3.8) is 0 Å². The highest BCUT2D eigenvalue weighted by Crippen LogP contribution is 2.29. The molecule has 0 N–H and O–H groups in total. The highest BCUT2D eigenvalue weighted by molar-refractivity contribution is 9.10. The number of ether oxygens (including phenoxy) is 2. The van der Waals surface area contributed by atoms with Gasteiger partial charge in [0.05, 0.1) is 14.2 Å². The molecule has 6 nitrogen and oxygen atoms in total. The molecule has 0 aliphatic heterocycles. The number of methoxy groups -OCH3 is 2. The van der Waals surface area contributed by atoms with Crippen LogP contribution in [0.15, 0.2) is 46.9 Å². The molecule has 138 valence electrons. The zero-order valence-electron chi connectivity index (χ0n) is 14.8. The van der Waals surface area contributed by atoms with Crippen molar-refractivity contribution in [2.75, 3.05) is 14.2 Å². The van der Waals surface area contributed by atoms with Crippen molar-refractivity contribution in [3.8, 4) is 22.9 Å². The van der Waals surface area contributed by atoms with E-state index in [0.29, 0.717) is 0 Å². The van der Waals surface area contributed by atoms with Crippen molar-refractivity contribution >= 4 is 32.2 Å². The average Bonchev–Trinajstić information content (AvgIpc) is 3.26. The van der Waals surface area contributed by atoms with Gasteiger partial charge in [0.1, 0.15) is 5.01 Å². The lowest BCUT2D eigenvalue weighted by Gasteiger charge is -2.09. The lowest BCUT2D eigenvalue weighted by Crippen LogP contribution is -1.96. The molecule has 2 heterocycles. The Labute approximate surface area is 168 Å². The lowest BCUT2D eigenvalue weighted by molar-refractivity contribution is 0.354. The first-order chi connectivity index (χ1) is 13.2. The van der Waals surface area contributed by atoms with Crippen molar-refractivity contribution in [1.29, 1.82) is 0 Å². The minimum atomic E-state index is 0.735. The molecule has 0 saturated carbocycles. The molecular formula is C19H17BrN4O2S. The first-order valence-corrected chi connectivity index (χ1v) is 9.97. The van der Waals surface area contributed by atoms with E-state index in [1.165, 1.54) is 5.56 Å². The van der Waals surface area contributed by atoms with Gasteiger partial charge < -0.3 is 9.47 Å². The summed E-state index contributed by atoms with van der Waals surface area (Å²) in [5, 5.41) is 14.3. The number of halogens is 1. The summed E-state index contributed by atoms with van der Waals surface area (Å²) in [5.74, 6) is 2.23. The maximum atomic E-state index is 5.37. The monoisotopic (exact) mass is 444 g/mol. The fourth-order valence-electron chi connectivity index (χ4n) is 2.85. The van der Waals surface area contributed by atoms with E-state index in [1.807, 2.05) is 40.9 Å².